The predicted octanol–water partition coefficient (Wildman–Crippen LogP) is 1.09. The lowest BCUT2D eigenvalue weighted by molar-refractivity contribution is -0.154. The average Bonchev–Trinajstić information content (AvgIpc) is 2.90. The van der Waals surface area contributed by atoms with Gasteiger partial charge in [0.05, 0.1) is 13.2 Å². The SMILES string of the molecule is O=C(O)[C@H]1CN(C(=O)c2cc3ccccc3[nH]2)CCO1. The summed E-state index contributed by atoms with van der Waals surface area (Å²) in [4.78, 5) is 27.9. The zero-order chi connectivity index (χ0) is 14.1. The molecule has 0 saturated carbocycles. The van der Waals surface area contributed by atoms with Gasteiger partial charge in [0.25, 0.3) is 5.91 Å². The molecule has 0 aliphatic carbocycles. The van der Waals surface area contributed by atoms with Gasteiger partial charge in [0.2, 0.25) is 0 Å². The first-order valence-electron chi connectivity index (χ1n) is 6.36. The minimum Gasteiger partial charge on any atom is -0.479 e. The van der Waals surface area contributed by atoms with Gasteiger partial charge in [0.1, 0.15) is 5.69 Å². The lowest BCUT2D eigenvalue weighted by atomic mass is 10.2. The molecular weight excluding hydrogens is 260 g/mol. The Labute approximate surface area is 114 Å². The summed E-state index contributed by atoms with van der Waals surface area (Å²) in [6.45, 7) is 0.713. The molecule has 1 amide bonds. The zero-order valence-corrected chi connectivity index (χ0v) is 10.7. The lowest BCUT2D eigenvalue weighted by Gasteiger charge is -2.30. The van der Waals surface area contributed by atoms with E-state index in [4.69, 9.17) is 9.84 Å². The second-order valence-electron chi connectivity index (χ2n) is 4.72. The number of aromatic nitrogens is 1. The zero-order valence-electron chi connectivity index (χ0n) is 10.7. The molecule has 0 radical (unpaired) electrons. The van der Waals surface area contributed by atoms with Crippen molar-refractivity contribution in [3.05, 3.63) is 36.0 Å². The second kappa shape index (κ2) is 4.97. The van der Waals surface area contributed by atoms with Crippen molar-refractivity contribution in [1.29, 1.82) is 0 Å². The summed E-state index contributed by atoms with van der Waals surface area (Å²) in [5.74, 6) is -1.24. The molecule has 0 spiro atoms. The third kappa shape index (κ3) is 2.25. The molecule has 1 aromatic carbocycles. The molecule has 1 aliphatic heterocycles. The van der Waals surface area contributed by atoms with Gasteiger partial charge >= 0.3 is 5.97 Å². The number of hydrogen-bond acceptors (Lipinski definition) is 3. The van der Waals surface area contributed by atoms with Crippen molar-refractivity contribution in [3.8, 4) is 0 Å². The molecule has 104 valence electrons. The number of benzene rings is 1. The smallest absolute Gasteiger partial charge is 0.334 e. The molecule has 1 atom stereocenters. The molecule has 1 aliphatic rings. The minimum absolute atomic E-state index is 0.0729. The Morgan fingerprint density at radius 3 is 2.90 bits per heavy atom. The number of amides is 1. The lowest BCUT2D eigenvalue weighted by Crippen LogP contribution is -2.48. The highest BCUT2D eigenvalue weighted by atomic mass is 16.5. The molecule has 1 fully saturated rings. The first-order chi connectivity index (χ1) is 9.65. The van der Waals surface area contributed by atoms with Crippen LogP contribution < -0.4 is 0 Å². The minimum atomic E-state index is -1.04. The van der Waals surface area contributed by atoms with Crippen LogP contribution >= 0.6 is 0 Å². The van der Waals surface area contributed by atoms with Crippen molar-refractivity contribution in [2.45, 2.75) is 6.10 Å². The summed E-state index contributed by atoms with van der Waals surface area (Å²) in [6, 6.07) is 9.39. The van der Waals surface area contributed by atoms with Crippen molar-refractivity contribution in [1.82, 2.24) is 9.88 Å². The topological polar surface area (TPSA) is 82.6 Å². The van der Waals surface area contributed by atoms with E-state index in [0.717, 1.165) is 10.9 Å². The molecule has 20 heavy (non-hydrogen) atoms. The fourth-order valence-corrected chi connectivity index (χ4v) is 2.34. The number of para-hydroxylation sites is 1. The van der Waals surface area contributed by atoms with Crippen LogP contribution in [0.1, 0.15) is 10.5 Å². The highest BCUT2D eigenvalue weighted by molar-refractivity contribution is 5.98. The first-order valence-corrected chi connectivity index (χ1v) is 6.36. The van der Waals surface area contributed by atoms with Crippen LogP contribution in [0.3, 0.4) is 0 Å². The van der Waals surface area contributed by atoms with Crippen molar-refractivity contribution < 1.29 is 19.4 Å². The molecule has 1 aromatic heterocycles. The summed E-state index contributed by atoms with van der Waals surface area (Å²) in [7, 11) is 0. The number of aliphatic carboxylic acids is 1. The average molecular weight is 274 g/mol. The van der Waals surface area contributed by atoms with E-state index in [2.05, 4.69) is 4.98 Å². The van der Waals surface area contributed by atoms with E-state index in [-0.39, 0.29) is 19.1 Å². The number of ether oxygens (including phenoxy) is 1. The molecule has 2 aromatic rings. The van der Waals surface area contributed by atoms with Crippen molar-refractivity contribution in [2.75, 3.05) is 19.7 Å². The summed E-state index contributed by atoms with van der Waals surface area (Å²) >= 11 is 0. The van der Waals surface area contributed by atoms with E-state index in [1.807, 2.05) is 24.3 Å². The third-order valence-corrected chi connectivity index (χ3v) is 3.39. The van der Waals surface area contributed by atoms with Crippen molar-refractivity contribution in [2.24, 2.45) is 0 Å². The van der Waals surface area contributed by atoms with Crippen LogP contribution in [0.4, 0.5) is 0 Å². The molecular formula is C14H14N2O4. The van der Waals surface area contributed by atoms with Crippen LogP contribution in [0.25, 0.3) is 10.9 Å². The Morgan fingerprint density at radius 1 is 1.35 bits per heavy atom. The maximum absolute atomic E-state index is 12.4. The monoisotopic (exact) mass is 274 g/mol. The number of nitrogens with one attached hydrogen (secondary N) is 1. The van der Waals surface area contributed by atoms with Crippen LogP contribution in [0.5, 0.6) is 0 Å². The summed E-state index contributed by atoms with van der Waals surface area (Å²) in [5.41, 5.74) is 1.36. The Balaban J connectivity index is 1.82. The van der Waals surface area contributed by atoms with Crippen molar-refractivity contribution >= 4 is 22.8 Å². The Kier molecular flexibility index (Phi) is 3.15. The van der Waals surface area contributed by atoms with E-state index in [1.54, 1.807) is 6.07 Å². The van der Waals surface area contributed by atoms with Gasteiger partial charge in [-0.25, -0.2) is 4.79 Å². The van der Waals surface area contributed by atoms with Crippen LogP contribution in [0.15, 0.2) is 30.3 Å². The van der Waals surface area contributed by atoms with Gasteiger partial charge in [0, 0.05) is 17.4 Å². The third-order valence-electron chi connectivity index (χ3n) is 3.39. The summed E-state index contributed by atoms with van der Waals surface area (Å²) < 4.78 is 5.11. The van der Waals surface area contributed by atoms with Gasteiger partial charge in [-0.15, -0.1) is 0 Å². The van der Waals surface area contributed by atoms with Crippen LogP contribution in [0, 0.1) is 0 Å². The molecule has 6 nitrogen and oxygen atoms in total. The first kappa shape index (κ1) is 12.7. The molecule has 2 N–H and O–H groups in total. The van der Waals surface area contributed by atoms with Gasteiger partial charge in [-0.1, -0.05) is 18.2 Å². The van der Waals surface area contributed by atoms with E-state index in [1.165, 1.54) is 4.90 Å². The Bertz CT molecular complexity index is 631. The molecule has 0 bridgehead atoms. The highest BCUT2D eigenvalue weighted by Crippen LogP contribution is 2.17. The van der Waals surface area contributed by atoms with Gasteiger partial charge in [-0.3, -0.25) is 4.79 Å². The number of rotatable bonds is 2. The fraction of sp³-hybridized carbons (Fsp3) is 0.286. The quantitative estimate of drug-likeness (QED) is 0.859. The highest BCUT2D eigenvalue weighted by Gasteiger charge is 2.29. The van der Waals surface area contributed by atoms with Crippen LogP contribution in [-0.2, 0) is 9.53 Å². The summed E-state index contributed by atoms with van der Waals surface area (Å²) in [6.07, 6.45) is -0.947. The largest absolute Gasteiger partial charge is 0.479 e. The van der Waals surface area contributed by atoms with E-state index >= 15 is 0 Å². The van der Waals surface area contributed by atoms with Crippen LogP contribution in [-0.4, -0.2) is 52.7 Å². The number of nitrogens with zero attached hydrogens (tertiary/aromatic N) is 1. The van der Waals surface area contributed by atoms with E-state index in [9.17, 15) is 9.59 Å². The number of carbonyl (C=O) groups is 2. The maximum atomic E-state index is 12.4. The fourth-order valence-electron chi connectivity index (χ4n) is 2.34. The Hall–Kier alpha value is -2.34. The number of carboxylic acids is 1. The normalized spacial score (nSPS) is 19.2. The number of H-pyrrole nitrogens is 1. The van der Waals surface area contributed by atoms with Gasteiger partial charge in [-0.05, 0) is 12.1 Å². The van der Waals surface area contributed by atoms with E-state index < -0.39 is 12.1 Å². The van der Waals surface area contributed by atoms with Gasteiger partial charge in [0.15, 0.2) is 6.10 Å². The number of carbonyl (C=O) groups excluding carboxylic acids is 1. The number of carboxylic acid groups (broad SMARTS) is 1. The summed E-state index contributed by atoms with van der Waals surface area (Å²) in [5, 5.41) is 9.91. The van der Waals surface area contributed by atoms with Crippen molar-refractivity contribution in [3.63, 3.8) is 0 Å². The molecule has 2 heterocycles. The predicted molar refractivity (Wildman–Crippen MR) is 71.6 cm³/mol. The number of aromatic amines is 1. The number of hydrogen-bond donors (Lipinski definition) is 2. The molecule has 6 heteroatoms. The van der Waals surface area contributed by atoms with Gasteiger partial charge in [-0.2, -0.15) is 0 Å². The Morgan fingerprint density at radius 2 is 2.15 bits per heavy atom. The molecule has 3 rings (SSSR count). The second-order valence-corrected chi connectivity index (χ2v) is 4.72. The maximum Gasteiger partial charge on any atom is 0.334 e. The standard InChI is InChI=1S/C14H14N2O4/c17-13(16-5-6-20-12(8-16)14(18)19)11-7-9-3-1-2-4-10(9)15-11/h1-4,7,12,15H,5-6,8H2,(H,18,19)/t12-/m1/s1. The van der Waals surface area contributed by atoms with E-state index in [0.29, 0.717) is 12.2 Å². The number of morpholine rings is 1. The molecule has 1 saturated heterocycles. The van der Waals surface area contributed by atoms with Crippen LogP contribution in [0.2, 0.25) is 0 Å². The number of fused-ring (bicyclic) bond motifs is 1. The molecule has 0 unspecified atom stereocenters. The van der Waals surface area contributed by atoms with Gasteiger partial charge < -0.3 is 19.7 Å².